The summed E-state index contributed by atoms with van der Waals surface area (Å²) in [5.74, 6) is 0.558. The van der Waals surface area contributed by atoms with E-state index in [9.17, 15) is 9.59 Å². The number of piperidine rings is 1. The molecule has 2 aromatic rings. The van der Waals surface area contributed by atoms with Crippen molar-refractivity contribution in [3.63, 3.8) is 0 Å². The second kappa shape index (κ2) is 18.6. The fourth-order valence-electron chi connectivity index (χ4n) is 5.96. The van der Waals surface area contributed by atoms with Crippen LogP contribution in [-0.4, -0.2) is 75.0 Å². The zero-order valence-electron chi connectivity index (χ0n) is 28.2. The predicted octanol–water partition coefficient (Wildman–Crippen LogP) is 6.85. The molecule has 1 N–H and O–H groups in total. The van der Waals surface area contributed by atoms with E-state index in [-0.39, 0.29) is 37.0 Å². The number of ether oxygens (including phenoxy) is 2. The van der Waals surface area contributed by atoms with Crippen LogP contribution in [0.5, 0.6) is 5.88 Å². The highest BCUT2D eigenvalue weighted by atomic mass is 35.5. The number of ketones is 1. The molecule has 1 atom stereocenters. The summed E-state index contributed by atoms with van der Waals surface area (Å²) in [5, 5.41) is 13.9. The minimum absolute atomic E-state index is 0.0267. The van der Waals surface area contributed by atoms with Gasteiger partial charge < -0.3 is 19.5 Å². The highest BCUT2D eigenvalue weighted by molar-refractivity contribution is 6.31. The second-order valence-corrected chi connectivity index (χ2v) is 13.4. The lowest BCUT2D eigenvalue weighted by atomic mass is 9.95. The number of rotatable bonds is 12. The largest absolute Gasteiger partial charge is 0.474 e. The van der Waals surface area contributed by atoms with Crippen LogP contribution in [0.15, 0.2) is 18.3 Å². The van der Waals surface area contributed by atoms with Crippen molar-refractivity contribution in [2.75, 3.05) is 26.3 Å². The smallest absolute Gasteiger partial charge is 0.274 e. The van der Waals surface area contributed by atoms with Crippen molar-refractivity contribution in [2.24, 2.45) is 5.41 Å². The maximum atomic E-state index is 13.0. The third-order valence-electron chi connectivity index (χ3n) is 8.70. The first-order chi connectivity index (χ1) is 21.6. The fourth-order valence-corrected chi connectivity index (χ4v) is 6.13. The minimum atomic E-state index is -0.0268. The van der Waals surface area contributed by atoms with Gasteiger partial charge in [-0.1, -0.05) is 45.2 Å². The average Bonchev–Trinajstić information content (AvgIpc) is 3.65. The molecular formula is C35H55ClN4O5. The third kappa shape index (κ3) is 12.0. The van der Waals surface area contributed by atoms with Gasteiger partial charge in [-0.3, -0.25) is 14.3 Å². The molecule has 2 aromatic heterocycles. The summed E-state index contributed by atoms with van der Waals surface area (Å²) in [5.41, 5.74) is 3.43. The van der Waals surface area contributed by atoms with E-state index in [1.54, 1.807) is 29.9 Å². The Bertz CT molecular complexity index is 1210. The highest BCUT2D eigenvalue weighted by Gasteiger charge is 2.35. The van der Waals surface area contributed by atoms with Crippen molar-refractivity contribution in [2.45, 2.75) is 130 Å². The summed E-state index contributed by atoms with van der Waals surface area (Å²) in [4.78, 5) is 30.4. The van der Waals surface area contributed by atoms with Crippen molar-refractivity contribution in [3.05, 3.63) is 40.3 Å². The van der Waals surface area contributed by atoms with Crippen LogP contribution in [0, 0.1) is 5.41 Å². The molecule has 0 spiro atoms. The number of carbonyl (C=O) groups is 2. The van der Waals surface area contributed by atoms with E-state index >= 15 is 0 Å². The van der Waals surface area contributed by atoms with Crippen LogP contribution < -0.4 is 4.74 Å². The first kappa shape index (κ1) is 37.0. The number of Topliss-reactive ketones (excluding diaryl/α,β-unsaturated/α-hetero) is 1. The van der Waals surface area contributed by atoms with Gasteiger partial charge in [0.25, 0.3) is 5.91 Å². The first-order valence-corrected chi connectivity index (χ1v) is 17.3. The maximum absolute atomic E-state index is 13.0. The second-order valence-electron chi connectivity index (χ2n) is 13.0. The molecule has 1 unspecified atom stereocenters. The number of hydrogen-bond acceptors (Lipinski definition) is 7. The van der Waals surface area contributed by atoms with Gasteiger partial charge in [-0.15, -0.1) is 0 Å². The molecule has 3 aliphatic rings. The Balaban J connectivity index is 0.000000228. The molecule has 9 nitrogen and oxygen atoms in total. The van der Waals surface area contributed by atoms with Crippen molar-refractivity contribution < 1.29 is 24.2 Å². The summed E-state index contributed by atoms with van der Waals surface area (Å²) in [6, 6.07) is 3.57. The van der Waals surface area contributed by atoms with E-state index in [1.165, 1.54) is 25.7 Å². The highest BCUT2D eigenvalue weighted by Crippen LogP contribution is 2.48. The molecule has 252 valence electrons. The van der Waals surface area contributed by atoms with Gasteiger partial charge in [-0.05, 0) is 95.6 Å². The molecule has 5 rings (SSSR count). The fraction of sp³-hybridized carbons (Fsp3) is 0.714. The Hall–Kier alpha value is -2.49. The summed E-state index contributed by atoms with van der Waals surface area (Å²) >= 11 is 5.88. The zero-order chi connectivity index (χ0) is 32.8. The van der Waals surface area contributed by atoms with Crippen LogP contribution in [0.3, 0.4) is 0 Å². The van der Waals surface area contributed by atoms with Crippen LogP contribution in [0.4, 0.5) is 0 Å². The SMILES string of the molecule is CC(=O)Cn1nc(C(=O)N2CCC(OCCO)CC2)c2c1CCCC2.CCCC(C)Oc1ncccc1Cl.CCCC1(C)CC1. The Morgan fingerprint density at radius 3 is 2.44 bits per heavy atom. The lowest BCUT2D eigenvalue weighted by molar-refractivity contribution is -0.117. The van der Waals surface area contributed by atoms with Crippen molar-refractivity contribution >= 4 is 23.3 Å². The predicted molar refractivity (Wildman–Crippen MR) is 178 cm³/mol. The molecule has 0 radical (unpaired) electrons. The van der Waals surface area contributed by atoms with E-state index < -0.39 is 0 Å². The van der Waals surface area contributed by atoms with Gasteiger partial charge >= 0.3 is 0 Å². The number of fused-ring (bicyclic) bond motifs is 1. The number of amides is 1. The molecular weight excluding hydrogens is 592 g/mol. The van der Waals surface area contributed by atoms with Crippen molar-refractivity contribution in [1.29, 1.82) is 0 Å². The number of likely N-dealkylation sites (tertiary alicyclic amines) is 1. The van der Waals surface area contributed by atoms with Gasteiger partial charge in [0.15, 0.2) is 11.5 Å². The summed E-state index contributed by atoms with van der Waals surface area (Å²) in [6.45, 7) is 12.3. The van der Waals surface area contributed by atoms with Crippen LogP contribution in [-0.2, 0) is 28.9 Å². The van der Waals surface area contributed by atoms with Crippen molar-refractivity contribution in [1.82, 2.24) is 19.7 Å². The zero-order valence-corrected chi connectivity index (χ0v) is 28.9. The summed E-state index contributed by atoms with van der Waals surface area (Å²) in [6.07, 6.45) is 15.4. The number of hydrogen-bond donors (Lipinski definition) is 1. The molecule has 0 aromatic carbocycles. The topological polar surface area (TPSA) is 107 Å². The lowest BCUT2D eigenvalue weighted by Gasteiger charge is -2.31. The number of aromatic nitrogens is 3. The number of aliphatic hydroxyl groups is 1. The van der Waals surface area contributed by atoms with Gasteiger partial charge in [0.05, 0.1) is 32.0 Å². The molecule has 3 heterocycles. The van der Waals surface area contributed by atoms with Gasteiger partial charge in [-0.25, -0.2) is 4.98 Å². The summed E-state index contributed by atoms with van der Waals surface area (Å²) < 4.78 is 12.8. The van der Waals surface area contributed by atoms with Crippen LogP contribution in [0.2, 0.25) is 5.02 Å². The molecule has 45 heavy (non-hydrogen) atoms. The van der Waals surface area contributed by atoms with Gasteiger partial charge in [-0.2, -0.15) is 5.10 Å². The van der Waals surface area contributed by atoms with E-state index in [4.69, 9.17) is 26.2 Å². The number of nitrogens with zero attached hydrogens (tertiary/aromatic N) is 4. The Morgan fingerprint density at radius 1 is 1.16 bits per heavy atom. The quantitative estimate of drug-likeness (QED) is 0.269. The van der Waals surface area contributed by atoms with Crippen LogP contribution in [0.1, 0.15) is 121 Å². The number of pyridine rings is 1. The Kier molecular flexibility index (Phi) is 15.3. The van der Waals surface area contributed by atoms with Crippen LogP contribution in [0.25, 0.3) is 0 Å². The van der Waals surface area contributed by atoms with Gasteiger partial charge in [0, 0.05) is 30.5 Å². The molecule has 1 amide bonds. The molecule has 0 bridgehead atoms. The number of carbonyl (C=O) groups excluding carboxylic acids is 2. The van der Waals surface area contributed by atoms with E-state index in [1.807, 2.05) is 11.8 Å². The molecule has 2 fully saturated rings. The lowest BCUT2D eigenvalue weighted by Crippen LogP contribution is -2.41. The normalized spacial score (nSPS) is 17.6. The van der Waals surface area contributed by atoms with Gasteiger partial charge in [0.2, 0.25) is 5.88 Å². The van der Waals surface area contributed by atoms with Crippen molar-refractivity contribution in [3.8, 4) is 5.88 Å². The third-order valence-corrected chi connectivity index (χ3v) is 8.98. The maximum Gasteiger partial charge on any atom is 0.274 e. The molecule has 10 heteroatoms. The molecule has 1 aliphatic heterocycles. The standard InChI is InChI=1S/C18H27N3O4.C10H14ClNO.C7H14/c1-13(23)12-21-16-5-3-2-4-15(16)17(19-21)18(24)20-8-6-14(7-9-20)25-11-10-22;1-3-5-8(2)13-10-9(11)6-4-7-12-10;1-3-4-7(2)5-6-7/h14,22H,2-12H2,1H3;4,6-8H,3,5H2,1-2H3;3-6H2,1-2H3. The van der Waals surface area contributed by atoms with E-state index in [0.717, 1.165) is 68.0 Å². The van der Waals surface area contributed by atoms with Crippen LogP contribution >= 0.6 is 11.6 Å². The van der Waals surface area contributed by atoms with E-state index in [0.29, 0.717) is 36.3 Å². The van der Waals surface area contributed by atoms with E-state index in [2.05, 4.69) is 30.9 Å². The Labute approximate surface area is 275 Å². The first-order valence-electron chi connectivity index (χ1n) is 17.0. The average molecular weight is 647 g/mol. The monoisotopic (exact) mass is 646 g/mol. The van der Waals surface area contributed by atoms with Gasteiger partial charge in [0.1, 0.15) is 5.02 Å². The molecule has 1 saturated heterocycles. The minimum Gasteiger partial charge on any atom is -0.474 e. The summed E-state index contributed by atoms with van der Waals surface area (Å²) in [7, 11) is 0. The molecule has 2 aliphatic carbocycles. The Morgan fingerprint density at radius 2 is 1.87 bits per heavy atom. The number of aliphatic hydroxyl groups excluding tert-OH is 1. The number of halogens is 1. The molecule has 1 saturated carbocycles.